The van der Waals surface area contributed by atoms with Gasteiger partial charge >= 0.3 is 0 Å². The van der Waals surface area contributed by atoms with Crippen molar-refractivity contribution < 1.29 is 0 Å². The van der Waals surface area contributed by atoms with E-state index in [4.69, 9.17) is 0 Å². The van der Waals surface area contributed by atoms with E-state index >= 15 is 0 Å². The van der Waals surface area contributed by atoms with Gasteiger partial charge in [-0.2, -0.15) is 0 Å². The van der Waals surface area contributed by atoms with Crippen molar-refractivity contribution in [2.75, 3.05) is 13.1 Å². The predicted molar refractivity (Wildman–Crippen MR) is 186 cm³/mol. The smallest absolute Gasteiger partial charge is 0.0945 e. The minimum atomic E-state index is 0.511. The highest BCUT2D eigenvalue weighted by molar-refractivity contribution is 5.13. The maximum atomic E-state index is 4.27. The number of rotatable bonds is 15. The highest BCUT2D eigenvalue weighted by atomic mass is 15.0. The summed E-state index contributed by atoms with van der Waals surface area (Å²) < 4.78 is 4.45. The molecule has 45 heavy (non-hydrogen) atoms. The maximum Gasteiger partial charge on any atom is 0.0945 e. The summed E-state index contributed by atoms with van der Waals surface area (Å²) in [5.74, 6) is 6.11. The van der Waals surface area contributed by atoms with E-state index in [-0.39, 0.29) is 0 Å². The molecule has 4 fully saturated rings. The van der Waals surface area contributed by atoms with Crippen molar-refractivity contribution in [1.29, 1.82) is 0 Å². The fourth-order valence-corrected chi connectivity index (χ4v) is 11.6. The summed E-state index contributed by atoms with van der Waals surface area (Å²) in [6, 6.07) is 1.36. The second kappa shape index (κ2) is 14.6. The van der Waals surface area contributed by atoms with Crippen molar-refractivity contribution in [2.45, 2.75) is 143 Å². The third-order valence-corrected chi connectivity index (χ3v) is 14.1. The van der Waals surface area contributed by atoms with E-state index in [0.717, 1.165) is 67.6 Å². The zero-order valence-corrected chi connectivity index (χ0v) is 29.5. The largest absolute Gasteiger partial charge is 0.337 e. The predicted octanol–water partition coefficient (Wildman–Crippen LogP) is 8.21. The lowest BCUT2D eigenvalue weighted by Crippen LogP contribution is -2.62. The molecule has 4 saturated carbocycles. The van der Waals surface area contributed by atoms with Crippen molar-refractivity contribution in [3.63, 3.8) is 0 Å². The van der Waals surface area contributed by atoms with Gasteiger partial charge in [0.15, 0.2) is 0 Å². The number of aromatic nitrogens is 4. The third-order valence-electron chi connectivity index (χ3n) is 14.1. The van der Waals surface area contributed by atoms with Gasteiger partial charge in [0.25, 0.3) is 0 Å². The van der Waals surface area contributed by atoms with Crippen molar-refractivity contribution in [1.82, 2.24) is 29.7 Å². The highest BCUT2D eigenvalue weighted by Gasteiger charge is 2.62. The van der Waals surface area contributed by atoms with Crippen molar-refractivity contribution in [2.24, 2.45) is 52.3 Å². The Morgan fingerprint density at radius 2 is 1.42 bits per heavy atom. The average molecular weight is 619 g/mol. The molecule has 252 valence electrons. The molecule has 2 N–H and O–H groups in total. The molecule has 2 aromatic heterocycles. The first-order valence-electron chi connectivity index (χ1n) is 19.2. The van der Waals surface area contributed by atoms with Gasteiger partial charge in [-0.05, 0) is 130 Å². The molecule has 0 saturated heterocycles. The normalized spacial score (nSPS) is 36.9. The number of aryl methyl sites for hydroxylation is 2. The van der Waals surface area contributed by atoms with Gasteiger partial charge in [-0.15, -0.1) is 0 Å². The topological polar surface area (TPSA) is 59.7 Å². The van der Waals surface area contributed by atoms with Crippen molar-refractivity contribution in [3.8, 4) is 0 Å². The van der Waals surface area contributed by atoms with Crippen LogP contribution in [-0.2, 0) is 13.1 Å². The standard InChI is InChI=1S/C39H66N6/c1-29(2)9-6-10-30(3)33-11-12-34-37-35(14-16-39(33,34)5)38(4)15-13-32(42-17-7-21-44-23-19-40-27-44)25-31(38)26-36(37)43-18-8-22-45-24-20-41-28-45/h19-20,23-24,27-37,42-43H,6-18,21-22,25-26H2,1-5H3/t30-,31-,32-,33-,34?,35?,36-,37?,38+,39-/m1/s1. The summed E-state index contributed by atoms with van der Waals surface area (Å²) >= 11 is 0. The third kappa shape index (κ3) is 7.27. The molecule has 0 aliphatic heterocycles. The van der Waals surface area contributed by atoms with Gasteiger partial charge in [0, 0.05) is 50.0 Å². The summed E-state index contributed by atoms with van der Waals surface area (Å²) in [7, 11) is 0. The van der Waals surface area contributed by atoms with Gasteiger partial charge in [-0.1, -0.05) is 53.9 Å². The van der Waals surface area contributed by atoms with Gasteiger partial charge in [0.2, 0.25) is 0 Å². The van der Waals surface area contributed by atoms with Gasteiger partial charge < -0.3 is 19.8 Å². The van der Waals surface area contributed by atoms with Crippen LogP contribution in [-0.4, -0.2) is 44.3 Å². The van der Waals surface area contributed by atoms with Crippen LogP contribution in [0.1, 0.15) is 118 Å². The van der Waals surface area contributed by atoms with E-state index in [9.17, 15) is 0 Å². The molecule has 0 bridgehead atoms. The average Bonchev–Trinajstić information content (AvgIpc) is 3.79. The molecular formula is C39H66N6. The van der Waals surface area contributed by atoms with Crippen LogP contribution in [0.5, 0.6) is 0 Å². The Morgan fingerprint density at radius 1 is 0.756 bits per heavy atom. The number of nitrogens with one attached hydrogen (secondary N) is 2. The lowest BCUT2D eigenvalue weighted by molar-refractivity contribution is -0.131. The summed E-state index contributed by atoms with van der Waals surface area (Å²) in [5.41, 5.74) is 1.04. The van der Waals surface area contributed by atoms with E-state index < -0.39 is 0 Å². The van der Waals surface area contributed by atoms with Crippen LogP contribution in [0.25, 0.3) is 0 Å². The van der Waals surface area contributed by atoms with Gasteiger partial charge in [-0.3, -0.25) is 0 Å². The first-order chi connectivity index (χ1) is 21.8. The van der Waals surface area contributed by atoms with Crippen LogP contribution in [0.3, 0.4) is 0 Å². The number of imidazole rings is 2. The zero-order valence-electron chi connectivity index (χ0n) is 29.5. The van der Waals surface area contributed by atoms with Crippen LogP contribution in [0.15, 0.2) is 37.4 Å². The molecule has 6 rings (SSSR count). The first-order valence-corrected chi connectivity index (χ1v) is 19.2. The Bertz CT molecular complexity index is 1140. The molecule has 4 aliphatic rings. The Hall–Kier alpha value is -1.66. The number of hydrogen-bond acceptors (Lipinski definition) is 4. The maximum absolute atomic E-state index is 4.27. The molecule has 0 amide bonds. The molecule has 0 aromatic carbocycles. The molecular weight excluding hydrogens is 552 g/mol. The molecule has 2 heterocycles. The van der Waals surface area contributed by atoms with Crippen LogP contribution in [0, 0.1) is 52.3 Å². The second-order valence-corrected chi connectivity index (χ2v) is 17.1. The molecule has 4 aliphatic carbocycles. The fourth-order valence-electron chi connectivity index (χ4n) is 11.6. The van der Waals surface area contributed by atoms with Crippen molar-refractivity contribution >= 4 is 0 Å². The Balaban J connectivity index is 1.13. The minimum Gasteiger partial charge on any atom is -0.337 e. The monoisotopic (exact) mass is 619 g/mol. The molecule has 2 aromatic rings. The Morgan fingerprint density at radius 3 is 2.09 bits per heavy atom. The van der Waals surface area contributed by atoms with Crippen LogP contribution >= 0.6 is 0 Å². The first kappa shape index (κ1) is 33.2. The highest BCUT2D eigenvalue weighted by Crippen LogP contribution is 2.68. The molecule has 6 nitrogen and oxygen atoms in total. The van der Waals surface area contributed by atoms with Crippen molar-refractivity contribution in [3.05, 3.63) is 37.4 Å². The van der Waals surface area contributed by atoms with Gasteiger partial charge in [0.1, 0.15) is 0 Å². The Labute approximate surface area is 275 Å². The molecule has 6 heteroatoms. The van der Waals surface area contributed by atoms with Crippen LogP contribution in [0.2, 0.25) is 0 Å². The quantitative estimate of drug-likeness (QED) is 0.198. The SMILES string of the molecule is CC(C)CCC[C@@H](C)[C@H]1CCC2C3C(CC[C@@]21C)[C@@]1(C)CC[C@@H](NCCCn2ccnc2)C[C@@H]1C[C@H]3NCCCn1ccnc1. The summed E-state index contributed by atoms with van der Waals surface area (Å²) in [4.78, 5) is 8.48. The number of nitrogens with zero attached hydrogens (tertiary/aromatic N) is 4. The lowest BCUT2D eigenvalue weighted by atomic mass is 9.43. The second-order valence-electron chi connectivity index (χ2n) is 17.1. The van der Waals surface area contributed by atoms with E-state index in [0.29, 0.717) is 22.9 Å². The Kier molecular flexibility index (Phi) is 10.8. The van der Waals surface area contributed by atoms with Crippen LogP contribution in [0.4, 0.5) is 0 Å². The number of fused-ring (bicyclic) bond motifs is 5. The van der Waals surface area contributed by atoms with Gasteiger partial charge in [-0.25, -0.2) is 9.97 Å². The molecule has 0 radical (unpaired) electrons. The number of hydrogen-bond donors (Lipinski definition) is 2. The zero-order chi connectivity index (χ0) is 31.4. The molecule has 3 unspecified atom stereocenters. The molecule has 10 atom stereocenters. The minimum absolute atomic E-state index is 0.511. The van der Waals surface area contributed by atoms with E-state index in [2.05, 4.69) is 76.7 Å². The lowest BCUT2D eigenvalue weighted by Gasteiger charge is -2.63. The van der Waals surface area contributed by atoms with Crippen LogP contribution < -0.4 is 10.6 Å². The fraction of sp³-hybridized carbons (Fsp3) is 0.846. The molecule has 0 spiro atoms. The van der Waals surface area contributed by atoms with E-state index in [1.54, 1.807) is 0 Å². The summed E-state index contributed by atoms with van der Waals surface area (Å²) in [5, 5.41) is 8.29. The summed E-state index contributed by atoms with van der Waals surface area (Å²) in [6.45, 7) is 17.3. The van der Waals surface area contributed by atoms with Gasteiger partial charge in [0.05, 0.1) is 12.7 Å². The summed E-state index contributed by atoms with van der Waals surface area (Å²) in [6.07, 6.45) is 30.0. The van der Waals surface area contributed by atoms with E-state index in [1.165, 1.54) is 83.5 Å². The van der Waals surface area contributed by atoms with E-state index in [1.807, 2.05) is 25.0 Å².